The number of thiophene rings is 1. The molecule has 4 heteroatoms. The average molecular weight is 359 g/mol. The summed E-state index contributed by atoms with van der Waals surface area (Å²) in [5, 5.41) is 0. The molecular weight excluding hydrogens is 332 g/mol. The Bertz CT molecular complexity index is 758. The average Bonchev–Trinajstić information content (AvgIpc) is 2.80. The van der Waals surface area contributed by atoms with Crippen LogP contribution >= 0.6 is 11.3 Å². The molecule has 0 atom stereocenters. The molecule has 0 aromatic carbocycles. The van der Waals surface area contributed by atoms with Crippen LogP contribution in [0, 0.1) is 13.8 Å². The van der Waals surface area contributed by atoms with E-state index in [1.807, 2.05) is 52.0 Å². The Morgan fingerprint density at radius 2 is 1.76 bits per heavy atom. The van der Waals surface area contributed by atoms with Crippen molar-refractivity contribution in [2.24, 2.45) is 0 Å². The third-order valence-electron chi connectivity index (χ3n) is 3.56. The van der Waals surface area contributed by atoms with Crippen molar-refractivity contribution in [3.05, 3.63) is 62.4 Å². The maximum atomic E-state index is 11.6. The lowest BCUT2D eigenvalue weighted by Gasteiger charge is -1.97. The van der Waals surface area contributed by atoms with Crippen LogP contribution in [0.3, 0.4) is 0 Å². The standard InChI is InChI=1S/C21H26O3S/c1-7-24-20(23)13-15(3)10-8-9-14(2)11-12-19-16(4)21(17(5)22)25-18(19)6/h8-13H,7H2,1-6H3. The zero-order valence-corrected chi connectivity index (χ0v) is 16.6. The molecule has 0 spiro atoms. The van der Waals surface area contributed by atoms with Crippen LogP contribution in [0.1, 0.15) is 53.4 Å². The Morgan fingerprint density at radius 3 is 2.32 bits per heavy atom. The summed E-state index contributed by atoms with van der Waals surface area (Å²) in [7, 11) is 0. The highest BCUT2D eigenvalue weighted by Crippen LogP contribution is 2.29. The van der Waals surface area contributed by atoms with Gasteiger partial charge in [-0.2, -0.15) is 0 Å². The lowest BCUT2D eigenvalue weighted by atomic mass is 10.1. The molecule has 1 aromatic heterocycles. The molecule has 25 heavy (non-hydrogen) atoms. The quantitative estimate of drug-likeness (QED) is 0.276. The zero-order valence-electron chi connectivity index (χ0n) is 15.8. The molecule has 0 amide bonds. The summed E-state index contributed by atoms with van der Waals surface area (Å²) in [5.74, 6) is -0.209. The molecule has 0 unspecified atom stereocenters. The van der Waals surface area contributed by atoms with Crippen molar-refractivity contribution in [1.29, 1.82) is 0 Å². The number of ether oxygens (including phenoxy) is 1. The molecule has 1 heterocycles. The first-order chi connectivity index (χ1) is 11.8. The van der Waals surface area contributed by atoms with Gasteiger partial charge in [0, 0.05) is 11.0 Å². The van der Waals surface area contributed by atoms with E-state index in [0.717, 1.165) is 32.0 Å². The first-order valence-electron chi connectivity index (χ1n) is 8.25. The largest absolute Gasteiger partial charge is 0.463 e. The number of hydrogen-bond acceptors (Lipinski definition) is 4. The van der Waals surface area contributed by atoms with Crippen LogP contribution in [0.2, 0.25) is 0 Å². The second kappa shape index (κ2) is 9.94. The second-order valence-corrected chi connectivity index (χ2v) is 7.05. The summed E-state index contributed by atoms with van der Waals surface area (Å²) in [4.78, 5) is 24.9. The van der Waals surface area contributed by atoms with E-state index in [-0.39, 0.29) is 11.8 Å². The van der Waals surface area contributed by atoms with E-state index < -0.39 is 0 Å². The topological polar surface area (TPSA) is 43.4 Å². The van der Waals surface area contributed by atoms with Gasteiger partial charge >= 0.3 is 5.97 Å². The predicted molar refractivity (Wildman–Crippen MR) is 106 cm³/mol. The predicted octanol–water partition coefficient (Wildman–Crippen LogP) is 5.59. The van der Waals surface area contributed by atoms with E-state index in [2.05, 4.69) is 6.08 Å². The molecule has 134 valence electrons. The van der Waals surface area contributed by atoms with Crippen LogP contribution in [0.5, 0.6) is 0 Å². The van der Waals surface area contributed by atoms with Crippen molar-refractivity contribution in [2.75, 3.05) is 6.61 Å². The number of aryl methyl sites for hydroxylation is 1. The second-order valence-electron chi connectivity index (χ2n) is 5.83. The Morgan fingerprint density at radius 1 is 1.08 bits per heavy atom. The molecule has 1 rings (SSSR count). The molecule has 0 saturated carbocycles. The van der Waals surface area contributed by atoms with Crippen LogP contribution in [0.25, 0.3) is 6.08 Å². The monoisotopic (exact) mass is 358 g/mol. The van der Waals surface area contributed by atoms with Gasteiger partial charge in [-0.15, -0.1) is 11.3 Å². The number of hydrogen-bond donors (Lipinski definition) is 0. The molecule has 1 aromatic rings. The van der Waals surface area contributed by atoms with Gasteiger partial charge in [0.2, 0.25) is 0 Å². The van der Waals surface area contributed by atoms with E-state index in [1.54, 1.807) is 25.2 Å². The number of carbonyl (C=O) groups is 2. The maximum absolute atomic E-state index is 11.6. The van der Waals surface area contributed by atoms with Crippen molar-refractivity contribution in [2.45, 2.75) is 41.5 Å². The van der Waals surface area contributed by atoms with Gasteiger partial charge in [-0.1, -0.05) is 36.0 Å². The third kappa shape index (κ3) is 6.67. The van der Waals surface area contributed by atoms with E-state index in [1.165, 1.54) is 6.08 Å². The molecule has 0 saturated heterocycles. The number of esters is 1. The molecule has 0 N–H and O–H groups in total. The SMILES string of the molecule is CCOC(=O)C=C(C)C=CC=C(C)C=Cc1c(C)sc(C(C)=O)c1C. The highest BCUT2D eigenvalue weighted by molar-refractivity contribution is 7.14. The molecule has 0 radical (unpaired) electrons. The molecule has 0 aliphatic heterocycles. The van der Waals surface area contributed by atoms with E-state index >= 15 is 0 Å². The zero-order chi connectivity index (χ0) is 19.0. The fourth-order valence-corrected chi connectivity index (χ4v) is 3.33. The lowest BCUT2D eigenvalue weighted by molar-refractivity contribution is -0.137. The van der Waals surface area contributed by atoms with Crippen molar-refractivity contribution >= 4 is 29.2 Å². The summed E-state index contributed by atoms with van der Waals surface area (Å²) in [5.41, 5.74) is 4.07. The Labute approximate surface area is 154 Å². The number of rotatable bonds is 7. The van der Waals surface area contributed by atoms with Gasteiger partial charge in [0.15, 0.2) is 5.78 Å². The minimum atomic E-state index is -0.324. The summed E-state index contributed by atoms with van der Waals surface area (Å²) in [6, 6.07) is 0. The fourth-order valence-electron chi connectivity index (χ4n) is 2.29. The highest BCUT2D eigenvalue weighted by atomic mass is 32.1. The van der Waals surface area contributed by atoms with Crippen molar-refractivity contribution in [3.63, 3.8) is 0 Å². The first-order valence-corrected chi connectivity index (χ1v) is 9.06. The van der Waals surface area contributed by atoms with Gasteiger partial charge in [-0.25, -0.2) is 4.79 Å². The Hall–Kier alpha value is -2.20. The van der Waals surface area contributed by atoms with Crippen LogP contribution in [-0.4, -0.2) is 18.4 Å². The molecule has 3 nitrogen and oxygen atoms in total. The van der Waals surface area contributed by atoms with Gasteiger partial charge in [0.05, 0.1) is 11.5 Å². The van der Waals surface area contributed by atoms with Gasteiger partial charge < -0.3 is 4.74 Å². The van der Waals surface area contributed by atoms with Crippen molar-refractivity contribution < 1.29 is 14.3 Å². The summed E-state index contributed by atoms with van der Waals surface area (Å²) in [6.45, 7) is 11.7. The normalized spacial score (nSPS) is 13.0. The molecule has 0 fully saturated rings. The van der Waals surface area contributed by atoms with Crippen molar-refractivity contribution in [3.8, 4) is 0 Å². The number of carbonyl (C=O) groups excluding carboxylic acids is 2. The minimum absolute atomic E-state index is 0.115. The number of allylic oxidation sites excluding steroid dienone is 6. The van der Waals surface area contributed by atoms with Gasteiger partial charge in [0.25, 0.3) is 0 Å². The van der Waals surface area contributed by atoms with Gasteiger partial charge in [-0.3, -0.25) is 4.79 Å². The lowest BCUT2D eigenvalue weighted by Crippen LogP contribution is -1.99. The van der Waals surface area contributed by atoms with Crippen molar-refractivity contribution in [1.82, 2.24) is 0 Å². The number of Topliss-reactive ketones (excluding diaryl/α,β-unsaturated/α-hetero) is 1. The summed E-state index contributed by atoms with van der Waals surface area (Å²) in [6.07, 6.45) is 11.3. The smallest absolute Gasteiger partial charge is 0.330 e. The fraction of sp³-hybridized carbons (Fsp3) is 0.333. The van der Waals surface area contributed by atoms with Crippen LogP contribution in [0.15, 0.2) is 41.5 Å². The summed E-state index contributed by atoms with van der Waals surface area (Å²) < 4.78 is 4.87. The highest BCUT2D eigenvalue weighted by Gasteiger charge is 2.12. The summed E-state index contributed by atoms with van der Waals surface area (Å²) >= 11 is 1.55. The van der Waals surface area contributed by atoms with Gasteiger partial charge in [-0.05, 0) is 58.2 Å². The van der Waals surface area contributed by atoms with Crippen LogP contribution < -0.4 is 0 Å². The molecular formula is C21H26O3S. The number of ketones is 1. The van der Waals surface area contributed by atoms with Gasteiger partial charge in [0.1, 0.15) is 0 Å². The van der Waals surface area contributed by atoms with Crippen LogP contribution in [-0.2, 0) is 9.53 Å². The van der Waals surface area contributed by atoms with E-state index in [0.29, 0.717) is 6.61 Å². The van der Waals surface area contributed by atoms with E-state index in [4.69, 9.17) is 4.74 Å². The maximum Gasteiger partial charge on any atom is 0.330 e. The molecule has 0 aliphatic rings. The Kier molecular flexibility index (Phi) is 8.29. The minimum Gasteiger partial charge on any atom is -0.463 e. The van der Waals surface area contributed by atoms with Crippen LogP contribution in [0.4, 0.5) is 0 Å². The third-order valence-corrected chi connectivity index (χ3v) is 4.89. The molecule has 0 aliphatic carbocycles. The molecule has 0 bridgehead atoms. The Balaban J connectivity index is 2.82. The first kappa shape index (κ1) is 20.8. The van der Waals surface area contributed by atoms with E-state index in [9.17, 15) is 9.59 Å².